The highest BCUT2D eigenvalue weighted by Gasteiger charge is 2.11. The van der Waals surface area contributed by atoms with Crippen molar-refractivity contribution in [2.75, 3.05) is 31.5 Å². The number of carboxylic acid groups (broad SMARTS) is 1. The molecule has 1 rings (SSSR count). The van der Waals surface area contributed by atoms with Gasteiger partial charge in [0.1, 0.15) is 5.82 Å². The van der Waals surface area contributed by atoms with E-state index in [1.165, 1.54) is 0 Å². The first-order chi connectivity index (χ1) is 9.97. The number of hydrogen-bond donors (Lipinski definition) is 3. The SMILES string of the molecule is CCN(CC)CCNC(=O)Nc1cc(C(=O)O)ccc1F. The molecular formula is C14H20FN3O3. The van der Waals surface area contributed by atoms with Gasteiger partial charge in [-0.05, 0) is 31.3 Å². The van der Waals surface area contributed by atoms with Crippen molar-refractivity contribution < 1.29 is 19.1 Å². The standard InChI is InChI=1S/C14H20FN3O3/c1-3-18(4-2)8-7-16-14(21)17-12-9-10(13(19)20)5-6-11(12)15/h5-6,9H,3-4,7-8H2,1-2H3,(H,19,20)(H2,16,17,21). The molecule has 21 heavy (non-hydrogen) atoms. The number of carbonyl (C=O) groups is 2. The number of benzene rings is 1. The van der Waals surface area contributed by atoms with E-state index in [1.54, 1.807) is 0 Å². The van der Waals surface area contributed by atoms with Gasteiger partial charge in [0.25, 0.3) is 0 Å². The minimum Gasteiger partial charge on any atom is -0.478 e. The van der Waals surface area contributed by atoms with Crippen LogP contribution >= 0.6 is 0 Å². The third-order valence-corrected chi connectivity index (χ3v) is 3.07. The monoisotopic (exact) mass is 297 g/mol. The van der Waals surface area contributed by atoms with Gasteiger partial charge in [-0.15, -0.1) is 0 Å². The molecule has 0 aliphatic rings. The van der Waals surface area contributed by atoms with E-state index in [4.69, 9.17) is 5.11 Å². The molecule has 6 nitrogen and oxygen atoms in total. The van der Waals surface area contributed by atoms with Gasteiger partial charge in [-0.1, -0.05) is 13.8 Å². The van der Waals surface area contributed by atoms with E-state index in [2.05, 4.69) is 15.5 Å². The van der Waals surface area contributed by atoms with Crippen LogP contribution in [0.1, 0.15) is 24.2 Å². The fourth-order valence-electron chi connectivity index (χ4n) is 1.79. The Labute approximate surface area is 122 Å². The number of anilines is 1. The lowest BCUT2D eigenvalue weighted by Gasteiger charge is -2.18. The third kappa shape index (κ3) is 5.39. The number of carbonyl (C=O) groups excluding carboxylic acids is 1. The molecule has 0 fully saturated rings. The Morgan fingerprint density at radius 1 is 1.29 bits per heavy atom. The third-order valence-electron chi connectivity index (χ3n) is 3.07. The first-order valence-corrected chi connectivity index (χ1v) is 6.78. The molecule has 2 amide bonds. The summed E-state index contributed by atoms with van der Waals surface area (Å²) in [7, 11) is 0. The molecule has 0 spiro atoms. The zero-order valence-electron chi connectivity index (χ0n) is 12.1. The summed E-state index contributed by atoms with van der Waals surface area (Å²) in [5, 5.41) is 13.7. The maximum absolute atomic E-state index is 13.5. The van der Waals surface area contributed by atoms with Crippen molar-refractivity contribution in [3.8, 4) is 0 Å². The fourth-order valence-corrected chi connectivity index (χ4v) is 1.79. The van der Waals surface area contributed by atoms with Crippen LogP contribution < -0.4 is 10.6 Å². The number of nitrogens with one attached hydrogen (secondary N) is 2. The molecule has 0 unspecified atom stereocenters. The molecule has 0 atom stereocenters. The van der Waals surface area contributed by atoms with E-state index in [0.717, 1.165) is 31.3 Å². The number of urea groups is 1. The molecule has 116 valence electrons. The van der Waals surface area contributed by atoms with E-state index in [9.17, 15) is 14.0 Å². The van der Waals surface area contributed by atoms with Gasteiger partial charge in [-0.3, -0.25) is 0 Å². The molecule has 0 saturated heterocycles. The highest BCUT2D eigenvalue weighted by Crippen LogP contribution is 2.16. The lowest BCUT2D eigenvalue weighted by Crippen LogP contribution is -2.37. The zero-order chi connectivity index (χ0) is 15.8. The van der Waals surface area contributed by atoms with Crippen molar-refractivity contribution in [2.24, 2.45) is 0 Å². The van der Waals surface area contributed by atoms with Crippen molar-refractivity contribution in [3.63, 3.8) is 0 Å². The highest BCUT2D eigenvalue weighted by molar-refractivity contribution is 5.93. The number of halogens is 1. The molecule has 3 N–H and O–H groups in total. The Hall–Kier alpha value is -2.15. The maximum Gasteiger partial charge on any atom is 0.335 e. The molecule has 0 saturated carbocycles. The summed E-state index contributed by atoms with van der Waals surface area (Å²) >= 11 is 0. The summed E-state index contributed by atoms with van der Waals surface area (Å²) in [6.07, 6.45) is 0. The average Bonchev–Trinajstić information content (AvgIpc) is 2.45. The summed E-state index contributed by atoms with van der Waals surface area (Å²) in [4.78, 5) is 24.6. The van der Waals surface area contributed by atoms with Gasteiger partial charge in [-0.2, -0.15) is 0 Å². The van der Waals surface area contributed by atoms with Gasteiger partial charge >= 0.3 is 12.0 Å². The second-order valence-electron chi connectivity index (χ2n) is 4.41. The highest BCUT2D eigenvalue weighted by atomic mass is 19.1. The smallest absolute Gasteiger partial charge is 0.335 e. The van der Waals surface area contributed by atoms with Crippen LogP contribution in [0.4, 0.5) is 14.9 Å². The number of carboxylic acids is 1. The lowest BCUT2D eigenvalue weighted by atomic mass is 10.2. The van der Waals surface area contributed by atoms with Gasteiger partial charge < -0.3 is 20.6 Å². The van der Waals surface area contributed by atoms with Gasteiger partial charge in [0, 0.05) is 13.1 Å². The first-order valence-electron chi connectivity index (χ1n) is 6.78. The van der Waals surface area contributed by atoms with Gasteiger partial charge in [0.2, 0.25) is 0 Å². The molecule has 0 radical (unpaired) electrons. The Kier molecular flexibility index (Phi) is 6.61. The largest absolute Gasteiger partial charge is 0.478 e. The minimum atomic E-state index is -1.18. The number of amides is 2. The van der Waals surface area contributed by atoms with Crippen molar-refractivity contribution in [3.05, 3.63) is 29.6 Å². The molecule has 1 aromatic rings. The molecule has 0 aliphatic carbocycles. The molecule has 7 heteroatoms. The average molecular weight is 297 g/mol. The van der Waals surface area contributed by atoms with E-state index < -0.39 is 17.8 Å². The van der Waals surface area contributed by atoms with E-state index in [-0.39, 0.29) is 11.3 Å². The molecule has 0 heterocycles. The van der Waals surface area contributed by atoms with Crippen LogP contribution in [-0.2, 0) is 0 Å². The molecule has 0 aliphatic heterocycles. The second-order valence-corrected chi connectivity index (χ2v) is 4.41. The summed E-state index contributed by atoms with van der Waals surface area (Å²) in [5.41, 5.74) is -0.245. The van der Waals surface area contributed by atoms with Crippen LogP contribution in [0.25, 0.3) is 0 Å². The van der Waals surface area contributed by atoms with Crippen LogP contribution in [0.2, 0.25) is 0 Å². The van der Waals surface area contributed by atoms with Crippen LogP contribution in [0, 0.1) is 5.82 Å². The van der Waals surface area contributed by atoms with E-state index in [0.29, 0.717) is 13.1 Å². The van der Waals surface area contributed by atoms with Crippen LogP contribution in [0.15, 0.2) is 18.2 Å². The Morgan fingerprint density at radius 2 is 1.95 bits per heavy atom. The lowest BCUT2D eigenvalue weighted by molar-refractivity contribution is 0.0697. The molecule has 0 aromatic heterocycles. The molecule has 1 aromatic carbocycles. The first kappa shape index (κ1) is 16.9. The minimum absolute atomic E-state index is 0.0881. The number of hydrogen-bond acceptors (Lipinski definition) is 3. The predicted molar refractivity (Wildman–Crippen MR) is 78.2 cm³/mol. The predicted octanol–water partition coefficient (Wildman–Crippen LogP) is 1.99. The number of nitrogens with zero attached hydrogens (tertiary/aromatic N) is 1. The summed E-state index contributed by atoms with van der Waals surface area (Å²) < 4.78 is 13.5. The topological polar surface area (TPSA) is 81.7 Å². The Balaban J connectivity index is 2.55. The normalized spacial score (nSPS) is 10.5. The number of rotatable bonds is 7. The number of likely N-dealkylation sites (N-methyl/N-ethyl adjacent to an activating group) is 1. The zero-order valence-corrected chi connectivity index (χ0v) is 12.1. The molecular weight excluding hydrogens is 277 g/mol. The van der Waals surface area contributed by atoms with Crippen molar-refractivity contribution in [1.29, 1.82) is 0 Å². The van der Waals surface area contributed by atoms with Gasteiger partial charge in [-0.25, -0.2) is 14.0 Å². The summed E-state index contributed by atoms with van der Waals surface area (Å²) in [6.45, 7) is 6.93. The summed E-state index contributed by atoms with van der Waals surface area (Å²) in [5.74, 6) is -1.86. The summed E-state index contributed by atoms with van der Waals surface area (Å²) in [6, 6.07) is 2.67. The number of aromatic carboxylic acids is 1. The second kappa shape index (κ2) is 8.21. The van der Waals surface area contributed by atoms with Crippen molar-refractivity contribution in [2.45, 2.75) is 13.8 Å². The maximum atomic E-state index is 13.5. The molecule has 0 bridgehead atoms. The van der Waals surface area contributed by atoms with Gasteiger partial charge in [0.05, 0.1) is 11.3 Å². The van der Waals surface area contributed by atoms with Crippen molar-refractivity contribution in [1.82, 2.24) is 10.2 Å². The van der Waals surface area contributed by atoms with Gasteiger partial charge in [0.15, 0.2) is 0 Å². The Bertz CT molecular complexity index is 504. The van der Waals surface area contributed by atoms with Crippen LogP contribution in [0.3, 0.4) is 0 Å². The Morgan fingerprint density at radius 3 is 2.52 bits per heavy atom. The quantitative estimate of drug-likeness (QED) is 0.719. The van der Waals surface area contributed by atoms with Crippen LogP contribution in [0.5, 0.6) is 0 Å². The fraction of sp³-hybridized carbons (Fsp3) is 0.429. The van der Waals surface area contributed by atoms with Crippen LogP contribution in [-0.4, -0.2) is 48.2 Å². The van der Waals surface area contributed by atoms with Crippen molar-refractivity contribution >= 4 is 17.7 Å². The van der Waals surface area contributed by atoms with E-state index in [1.807, 2.05) is 13.8 Å². The van der Waals surface area contributed by atoms with E-state index >= 15 is 0 Å².